The van der Waals surface area contributed by atoms with Crippen molar-refractivity contribution in [2.75, 3.05) is 19.7 Å². The van der Waals surface area contributed by atoms with Crippen LogP contribution in [0, 0.1) is 0 Å². The van der Waals surface area contributed by atoms with Crippen LogP contribution in [0.15, 0.2) is 24.3 Å². The zero-order chi connectivity index (χ0) is 17.0. The molecule has 0 aromatic carbocycles. The van der Waals surface area contributed by atoms with Crippen molar-refractivity contribution in [1.82, 2.24) is 9.80 Å². The van der Waals surface area contributed by atoms with Crippen LogP contribution in [0.1, 0.15) is 6.42 Å². The van der Waals surface area contributed by atoms with E-state index in [2.05, 4.69) is 0 Å². The van der Waals surface area contributed by atoms with Crippen molar-refractivity contribution in [1.29, 1.82) is 0 Å². The zero-order valence-corrected chi connectivity index (χ0v) is 12.2. The molecule has 0 fully saturated rings. The van der Waals surface area contributed by atoms with E-state index < -0.39 is 37.0 Å². The van der Waals surface area contributed by atoms with Crippen molar-refractivity contribution in [2.45, 2.75) is 25.0 Å². The van der Waals surface area contributed by atoms with Crippen LogP contribution in [-0.2, 0) is 19.1 Å². The van der Waals surface area contributed by atoms with E-state index in [1.807, 2.05) is 0 Å². The van der Waals surface area contributed by atoms with Crippen molar-refractivity contribution in [3.63, 3.8) is 0 Å². The molecule has 0 radical (unpaired) electrons. The molecule has 0 spiro atoms. The maximum atomic E-state index is 11.6. The van der Waals surface area contributed by atoms with Crippen LogP contribution >= 0.6 is 0 Å². The minimum Gasteiger partial charge on any atom is -0.480 e. The number of carboxylic acid groups (broad SMARTS) is 1. The Morgan fingerprint density at radius 3 is 2.17 bits per heavy atom. The number of nitrogens with zero attached hydrogens (tertiary/aromatic N) is 2. The number of aliphatic carboxylic acids is 1. The summed E-state index contributed by atoms with van der Waals surface area (Å²) in [5, 5.41) is 28.0. The number of carbonyl (C=O) groups excluding carboxylic acids is 2. The van der Waals surface area contributed by atoms with Gasteiger partial charge >= 0.3 is 5.97 Å². The predicted molar refractivity (Wildman–Crippen MR) is 75.7 cm³/mol. The van der Waals surface area contributed by atoms with Gasteiger partial charge in [0.1, 0.15) is 19.1 Å². The van der Waals surface area contributed by atoms with Gasteiger partial charge in [0.05, 0.1) is 12.6 Å². The summed E-state index contributed by atoms with van der Waals surface area (Å²) >= 11 is 0. The highest BCUT2D eigenvalue weighted by atomic mass is 16.5. The summed E-state index contributed by atoms with van der Waals surface area (Å²) in [4.78, 5) is 36.1. The maximum Gasteiger partial charge on any atom is 0.329 e. The molecule has 23 heavy (non-hydrogen) atoms. The molecule has 9 nitrogen and oxygen atoms in total. The Balaban J connectivity index is 1.92. The van der Waals surface area contributed by atoms with E-state index in [4.69, 9.17) is 9.84 Å². The third-order valence-electron chi connectivity index (χ3n) is 3.56. The van der Waals surface area contributed by atoms with Crippen LogP contribution in [0.2, 0.25) is 0 Å². The van der Waals surface area contributed by atoms with Crippen LogP contribution in [0.4, 0.5) is 0 Å². The van der Waals surface area contributed by atoms with Gasteiger partial charge in [-0.3, -0.25) is 9.59 Å². The summed E-state index contributed by atoms with van der Waals surface area (Å²) in [5.74, 6) is -1.92. The molecule has 0 saturated carbocycles. The predicted octanol–water partition coefficient (Wildman–Crippen LogP) is -1.72. The van der Waals surface area contributed by atoms with Gasteiger partial charge in [-0.05, 0) is 18.6 Å². The smallest absolute Gasteiger partial charge is 0.329 e. The molecule has 2 heterocycles. The van der Waals surface area contributed by atoms with Crippen molar-refractivity contribution < 1.29 is 34.4 Å². The summed E-state index contributed by atoms with van der Waals surface area (Å²) in [6.07, 6.45) is 2.51. The normalized spacial score (nSPS) is 24.8. The van der Waals surface area contributed by atoms with Gasteiger partial charge in [-0.1, -0.05) is 0 Å². The lowest BCUT2D eigenvalue weighted by Crippen LogP contribution is -2.43. The molecular formula is C14H18N2O7. The zero-order valence-electron chi connectivity index (χ0n) is 12.2. The van der Waals surface area contributed by atoms with Crippen LogP contribution in [0.25, 0.3) is 0 Å². The molecule has 9 heteroatoms. The molecule has 0 bridgehead atoms. The van der Waals surface area contributed by atoms with E-state index in [-0.39, 0.29) is 25.4 Å². The number of amides is 2. The molecule has 0 aliphatic carbocycles. The van der Waals surface area contributed by atoms with Crippen molar-refractivity contribution in [2.24, 2.45) is 0 Å². The molecule has 126 valence electrons. The van der Waals surface area contributed by atoms with Crippen molar-refractivity contribution in [3.05, 3.63) is 24.3 Å². The quantitative estimate of drug-likeness (QED) is 0.484. The summed E-state index contributed by atoms with van der Waals surface area (Å²) in [6, 6.07) is 0. The molecule has 0 aromatic heterocycles. The van der Waals surface area contributed by atoms with Gasteiger partial charge in [0.25, 0.3) is 0 Å². The first-order valence-electron chi connectivity index (χ1n) is 7.05. The van der Waals surface area contributed by atoms with Gasteiger partial charge in [0, 0.05) is 18.7 Å². The molecule has 3 N–H and O–H groups in total. The molecule has 0 aromatic rings. The van der Waals surface area contributed by atoms with E-state index in [1.54, 1.807) is 0 Å². The van der Waals surface area contributed by atoms with Crippen LogP contribution in [-0.4, -0.2) is 81.2 Å². The van der Waals surface area contributed by atoms with Gasteiger partial charge in [0.2, 0.25) is 11.8 Å². The topological polar surface area (TPSA) is 128 Å². The molecular weight excluding hydrogens is 308 g/mol. The average molecular weight is 326 g/mol. The maximum absolute atomic E-state index is 11.6. The number of aliphatic hydroxyl groups excluding tert-OH is 2. The fourth-order valence-electron chi connectivity index (χ4n) is 2.36. The highest BCUT2D eigenvalue weighted by molar-refractivity contribution is 5.90. The van der Waals surface area contributed by atoms with E-state index in [9.17, 15) is 24.6 Å². The standard InChI is InChI=1S/C14H18N2O7/c17-10-1-2-11(18)15(10)6-5-9(23-8-14(21)22)7-16-12(19)3-4-13(16)20/h1-4,9-10,12,17,19H,5-8H2,(H,21,22). The highest BCUT2D eigenvalue weighted by Crippen LogP contribution is 2.15. The highest BCUT2D eigenvalue weighted by Gasteiger charge is 2.29. The van der Waals surface area contributed by atoms with Gasteiger partial charge in [0.15, 0.2) is 0 Å². The van der Waals surface area contributed by atoms with Crippen LogP contribution in [0.5, 0.6) is 0 Å². The van der Waals surface area contributed by atoms with E-state index in [0.717, 1.165) is 4.90 Å². The van der Waals surface area contributed by atoms with Gasteiger partial charge in [-0.15, -0.1) is 0 Å². The third-order valence-corrected chi connectivity index (χ3v) is 3.56. The Hall–Kier alpha value is -2.23. The number of rotatable bonds is 8. The number of carbonyl (C=O) groups is 3. The Labute approximate surface area is 132 Å². The third kappa shape index (κ3) is 4.38. The first-order valence-corrected chi connectivity index (χ1v) is 7.05. The summed E-state index contributed by atoms with van der Waals surface area (Å²) < 4.78 is 5.22. The van der Waals surface area contributed by atoms with E-state index in [1.165, 1.54) is 29.2 Å². The van der Waals surface area contributed by atoms with Crippen LogP contribution < -0.4 is 0 Å². The number of hydrogen-bond acceptors (Lipinski definition) is 6. The second kappa shape index (κ2) is 7.36. The largest absolute Gasteiger partial charge is 0.480 e. The summed E-state index contributed by atoms with van der Waals surface area (Å²) in [7, 11) is 0. The van der Waals surface area contributed by atoms with Crippen molar-refractivity contribution >= 4 is 17.8 Å². The number of carboxylic acids is 1. The van der Waals surface area contributed by atoms with E-state index >= 15 is 0 Å². The lowest BCUT2D eigenvalue weighted by atomic mass is 10.2. The molecule has 3 atom stereocenters. The van der Waals surface area contributed by atoms with E-state index in [0.29, 0.717) is 0 Å². The summed E-state index contributed by atoms with van der Waals surface area (Å²) in [6.45, 7) is -0.459. The SMILES string of the molecule is O=C(O)COC(CCN1C(=O)C=CC1O)CN1C(=O)C=CC1O. The minimum absolute atomic E-state index is 0.0220. The fraction of sp³-hybridized carbons (Fsp3) is 0.500. The molecule has 2 aliphatic heterocycles. The molecule has 2 aliphatic rings. The number of ether oxygens (including phenoxy) is 1. The second-order valence-electron chi connectivity index (χ2n) is 5.18. The number of aliphatic hydroxyl groups is 2. The average Bonchev–Trinajstić information content (AvgIpc) is 2.98. The summed E-state index contributed by atoms with van der Waals surface area (Å²) in [5.41, 5.74) is 0. The first kappa shape index (κ1) is 17.1. The number of hydrogen-bond donors (Lipinski definition) is 3. The molecule has 3 unspecified atom stereocenters. The lowest BCUT2D eigenvalue weighted by Gasteiger charge is -2.28. The first-order chi connectivity index (χ1) is 10.9. The lowest BCUT2D eigenvalue weighted by molar-refractivity contribution is -0.147. The molecule has 0 saturated heterocycles. The Kier molecular flexibility index (Phi) is 5.48. The van der Waals surface area contributed by atoms with Gasteiger partial charge < -0.3 is 29.9 Å². The Morgan fingerprint density at radius 2 is 1.70 bits per heavy atom. The fourth-order valence-corrected chi connectivity index (χ4v) is 2.36. The molecule has 2 amide bonds. The van der Waals surface area contributed by atoms with Crippen LogP contribution in [0.3, 0.4) is 0 Å². The monoisotopic (exact) mass is 326 g/mol. The van der Waals surface area contributed by atoms with Crippen molar-refractivity contribution in [3.8, 4) is 0 Å². The Bertz CT molecular complexity index is 545. The second-order valence-corrected chi connectivity index (χ2v) is 5.18. The Morgan fingerprint density at radius 1 is 1.13 bits per heavy atom. The molecule has 2 rings (SSSR count). The van der Waals surface area contributed by atoms with Gasteiger partial charge in [-0.25, -0.2) is 4.79 Å². The minimum atomic E-state index is -1.17. The van der Waals surface area contributed by atoms with Gasteiger partial charge in [-0.2, -0.15) is 0 Å².